The van der Waals surface area contributed by atoms with Gasteiger partial charge in [0.05, 0.1) is 6.10 Å². The van der Waals surface area contributed by atoms with Gasteiger partial charge in [0.1, 0.15) is 5.75 Å². The molecule has 0 radical (unpaired) electrons. The summed E-state index contributed by atoms with van der Waals surface area (Å²) in [6.45, 7) is 5.19. The van der Waals surface area contributed by atoms with E-state index in [1.165, 1.54) is 19.3 Å². The van der Waals surface area contributed by atoms with Crippen LogP contribution >= 0.6 is 0 Å². The summed E-state index contributed by atoms with van der Waals surface area (Å²) in [7, 11) is 0. The molecule has 0 aliphatic heterocycles. The molecule has 1 aromatic rings. The van der Waals surface area contributed by atoms with E-state index in [2.05, 4.69) is 5.32 Å². The molecule has 2 unspecified atom stereocenters. The van der Waals surface area contributed by atoms with E-state index in [-0.39, 0.29) is 6.10 Å². The fourth-order valence-corrected chi connectivity index (χ4v) is 3.11. The standard InChI is InChI=1S/C17H28N2O2/c1-12(2)21-17-8-15(18)7-16(9-17)19-10-13-5-3-4-6-14(13)11-20/h7-9,12-14,19-20H,3-6,10-11,18H2,1-2H3. The molecule has 0 amide bonds. The van der Waals surface area contributed by atoms with Crippen molar-refractivity contribution in [2.75, 3.05) is 24.2 Å². The summed E-state index contributed by atoms with van der Waals surface area (Å²) in [4.78, 5) is 0. The molecular weight excluding hydrogens is 264 g/mol. The van der Waals surface area contributed by atoms with E-state index in [0.717, 1.165) is 24.4 Å². The predicted octanol–water partition coefficient (Wildman–Crippen LogP) is 3.27. The number of hydrogen-bond donors (Lipinski definition) is 3. The van der Waals surface area contributed by atoms with E-state index < -0.39 is 0 Å². The van der Waals surface area contributed by atoms with Gasteiger partial charge in [-0.05, 0) is 44.6 Å². The maximum Gasteiger partial charge on any atom is 0.123 e. The summed E-state index contributed by atoms with van der Waals surface area (Å²) in [5.74, 6) is 1.77. The Bertz CT molecular complexity index is 448. The maximum atomic E-state index is 9.48. The Balaban J connectivity index is 1.97. The van der Waals surface area contributed by atoms with E-state index in [1.54, 1.807) is 0 Å². The number of aliphatic hydroxyl groups is 1. The summed E-state index contributed by atoms with van der Waals surface area (Å²) in [6, 6.07) is 5.78. The topological polar surface area (TPSA) is 67.5 Å². The van der Waals surface area contributed by atoms with Gasteiger partial charge in [0, 0.05) is 36.7 Å². The lowest BCUT2D eigenvalue weighted by Crippen LogP contribution is -2.28. The van der Waals surface area contributed by atoms with Crippen LogP contribution in [-0.2, 0) is 0 Å². The molecule has 4 heteroatoms. The monoisotopic (exact) mass is 292 g/mol. The molecule has 2 rings (SSSR count). The van der Waals surface area contributed by atoms with Crippen molar-refractivity contribution in [2.45, 2.75) is 45.6 Å². The molecule has 0 heterocycles. The number of aliphatic hydroxyl groups excluding tert-OH is 1. The first-order chi connectivity index (χ1) is 10.1. The second kappa shape index (κ2) is 7.55. The lowest BCUT2D eigenvalue weighted by Gasteiger charge is -2.30. The zero-order valence-corrected chi connectivity index (χ0v) is 13.1. The zero-order valence-electron chi connectivity index (χ0n) is 13.1. The van der Waals surface area contributed by atoms with Crippen LogP contribution in [0, 0.1) is 11.8 Å². The second-order valence-corrected chi connectivity index (χ2v) is 6.33. The number of nitrogens with one attached hydrogen (secondary N) is 1. The van der Waals surface area contributed by atoms with Crippen LogP contribution in [0.15, 0.2) is 18.2 Å². The maximum absolute atomic E-state index is 9.48. The molecule has 1 aliphatic rings. The van der Waals surface area contributed by atoms with Crippen LogP contribution in [-0.4, -0.2) is 24.4 Å². The molecule has 4 N–H and O–H groups in total. The average Bonchev–Trinajstić information content (AvgIpc) is 2.44. The van der Waals surface area contributed by atoms with Crippen molar-refractivity contribution in [1.82, 2.24) is 0 Å². The molecule has 0 bridgehead atoms. The fraction of sp³-hybridized carbons (Fsp3) is 0.647. The van der Waals surface area contributed by atoms with Gasteiger partial charge in [-0.2, -0.15) is 0 Å². The van der Waals surface area contributed by atoms with Crippen LogP contribution in [0.1, 0.15) is 39.5 Å². The van der Waals surface area contributed by atoms with Gasteiger partial charge in [-0.25, -0.2) is 0 Å². The molecule has 0 spiro atoms. The largest absolute Gasteiger partial charge is 0.491 e. The van der Waals surface area contributed by atoms with Gasteiger partial charge < -0.3 is 20.9 Å². The van der Waals surface area contributed by atoms with Crippen molar-refractivity contribution in [3.63, 3.8) is 0 Å². The van der Waals surface area contributed by atoms with Crippen molar-refractivity contribution in [3.05, 3.63) is 18.2 Å². The quantitative estimate of drug-likeness (QED) is 0.704. The molecule has 1 aliphatic carbocycles. The molecule has 1 saturated carbocycles. The SMILES string of the molecule is CC(C)Oc1cc(N)cc(NCC2CCCCC2CO)c1. The summed E-state index contributed by atoms with van der Waals surface area (Å²) in [6.07, 6.45) is 4.97. The number of nitrogens with two attached hydrogens (primary N) is 1. The average molecular weight is 292 g/mol. The van der Waals surface area contributed by atoms with Crippen molar-refractivity contribution in [1.29, 1.82) is 0 Å². The summed E-state index contributed by atoms with van der Waals surface area (Å²) in [5.41, 5.74) is 7.64. The van der Waals surface area contributed by atoms with Gasteiger partial charge in [0.15, 0.2) is 0 Å². The van der Waals surface area contributed by atoms with Crippen LogP contribution in [0.25, 0.3) is 0 Å². The third-order valence-electron chi connectivity index (χ3n) is 4.17. The molecule has 1 fully saturated rings. The Morgan fingerprint density at radius 3 is 2.62 bits per heavy atom. The Labute approximate surface area is 127 Å². The molecule has 118 valence electrons. The second-order valence-electron chi connectivity index (χ2n) is 6.33. The Hall–Kier alpha value is -1.42. The summed E-state index contributed by atoms with van der Waals surface area (Å²) in [5, 5.41) is 12.9. The van der Waals surface area contributed by atoms with Crippen LogP contribution in [0.3, 0.4) is 0 Å². The van der Waals surface area contributed by atoms with Crippen molar-refractivity contribution in [3.8, 4) is 5.75 Å². The number of hydrogen-bond acceptors (Lipinski definition) is 4. The van der Waals surface area contributed by atoms with Crippen molar-refractivity contribution in [2.24, 2.45) is 11.8 Å². The zero-order chi connectivity index (χ0) is 15.2. The van der Waals surface area contributed by atoms with E-state index in [4.69, 9.17) is 10.5 Å². The highest BCUT2D eigenvalue weighted by atomic mass is 16.5. The molecule has 2 atom stereocenters. The van der Waals surface area contributed by atoms with Gasteiger partial charge in [-0.3, -0.25) is 0 Å². The molecule has 1 aromatic carbocycles. The first-order valence-corrected chi connectivity index (χ1v) is 8.00. The molecule has 4 nitrogen and oxygen atoms in total. The first kappa shape index (κ1) is 16.0. The Morgan fingerprint density at radius 1 is 1.24 bits per heavy atom. The van der Waals surface area contributed by atoms with Gasteiger partial charge in [0.2, 0.25) is 0 Å². The van der Waals surface area contributed by atoms with Gasteiger partial charge >= 0.3 is 0 Å². The van der Waals surface area contributed by atoms with Crippen molar-refractivity contribution >= 4 is 11.4 Å². The number of nitrogen functional groups attached to an aromatic ring is 1. The molecule has 0 aromatic heterocycles. The molecule has 21 heavy (non-hydrogen) atoms. The Morgan fingerprint density at radius 2 is 1.95 bits per heavy atom. The van der Waals surface area contributed by atoms with Gasteiger partial charge in [-0.15, -0.1) is 0 Å². The van der Waals surface area contributed by atoms with E-state index in [1.807, 2.05) is 32.0 Å². The smallest absolute Gasteiger partial charge is 0.123 e. The lowest BCUT2D eigenvalue weighted by molar-refractivity contribution is 0.141. The Kier molecular flexibility index (Phi) is 5.74. The number of anilines is 2. The highest BCUT2D eigenvalue weighted by molar-refractivity contribution is 5.59. The third kappa shape index (κ3) is 4.81. The lowest BCUT2D eigenvalue weighted by atomic mass is 9.79. The summed E-state index contributed by atoms with van der Waals surface area (Å²) >= 11 is 0. The van der Waals surface area contributed by atoms with Gasteiger partial charge in [0.25, 0.3) is 0 Å². The third-order valence-corrected chi connectivity index (χ3v) is 4.17. The minimum atomic E-state index is 0.136. The number of rotatable bonds is 6. The minimum Gasteiger partial charge on any atom is -0.491 e. The van der Waals surface area contributed by atoms with Gasteiger partial charge in [-0.1, -0.05) is 12.8 Å². The minimum absolute atomic E-state index is 0.136. The molecule has 0 saturated heterocycles. The van der Waals surface area contributed by atoms with Crippen molar-refractivity contribution < 1.29 is 9.84 Å². The molecular formula is C17H28N2O2. The normalized spacial score (nSPS) is 22.3. The predicted molar refractivity (Wildman–Crippen MR) is 87.6 cm³/mol. The van der Waals surface area contributed by atoms with Crippen LogP contribution in [0.4, 0.5) is 11.4 Å². The fourth-order valence-electron chi connectivity index (χ4n) is 3.11. The van der Waals surface area contributed by atoms with Crippen LogP contribution < -0.4 is 15.8 Å². The summed E-state index contributed by atoms with van der Waals surface area (Å²) < 4.78 is 5.71. The van der Waals surface area contributed by atoms with E-state index in [9.17, 15) is 5.11 Å². The highest BCUT2D eigenvalue weighted by Crippen LogP contribution is 2.30. The number of ether oxygens (including phenoxy) is 1. The van der Waals surface area contributed by atoms with E-state index >= 15 is 0 Å². The van der Waals surface area contributed by atoms with Crippen LogP contribution in [0.2, 0.25) is 0 Å². The first-order valence-electron chi connectivity index (χ1n) is 8.00. The van der Waals surface area contributed by atoms with E-state index in [0.29, 0.717) is 24.1 Å². The number of benzene rings is 1. The highest BCUT2D eigenvalue weighted by Gasteiger charge is 2.24. The van der Waals surface area contributed by atoms with Crippen LogP contribution in [0.5, 0.6) is 5.75 Å².